The SMILES string of the molecule is CON(C(=O)CC[C@@H](C)[C@H]1CC[C@H]2[C@@H]3CC=C4C[C@@H](O)CC[C@]4(C)[C@H]3CC[C@]12C)[C@@H](C)CO. The summed E-state index contributed by atoms with van der Waals surface area (Å²) >= 11 is 0. The molecule has 4 rings (SSSR count). The van der Waals surface area contributed by atoms with Crippen LogP contribution in [0, 0.1) is 40.4 Å². The molecule has 3 fully saturated rings. The first-order valence-corrected chi connectivity index (χ1v) is 13.5. The molecule has 0 radical (unpaired) electrons. The standard InChI is InChI=1S/C28H47NO4/c1-18(6-11-26(32)29(33-5)19(2)17-30)23-9-10-24-22-8-7-20-16-21(31)12-14-27(20,3)25(22)13-15-28(23,24)4/h7,18-19,21-25,30-31H,6,8-17H2,1-5H3/t18-,19+,21+,22+,23-,24+,25+,27+,28-/m1/s1. The molecule has 0 heterocycles. The highest BCUT2D eigenvalue weighted by Gasteiger charge is 2.59. The van der Waals surface area contributed by atoms with Gasteiger partial charge in [0.1, 0.15) is 0 Å². The highest BCUT2D eigenvalue weighted by Crippen LogP contribution is 2.67. The number of aliphatic hydroxyl groups is 2. The van der Waals surface area contributed by atoms with Crippen LogP contribution in [-0.4, -0.2) is 47.0 Å². The average Bonchev–Trinajstić information content (AvgIpc) is 3.15. The van der Waals surface area contributed by atoms with Gasteiger partial charge in [-0.1, -0.05) is 32.4 Å². The summed E-state index contributed by atoms with van der Waals surface area (Å²) in [5.74, 6) is 3.50. The van der Waals surface area contributed by atoms with E-state index in [-0.39, 0.29) is 24.7 Å². The van der Waals surface area contributed by atoms with E-state index in [4.69, 9.17) is 4.84 Å². The van der Waals surface area contributed by atoms with Crippen LogP contribution in [0.25, 0.3) is 0 Å². The predicted molar refractivity (Wildman–Crippen MR) is 130 cm³/mol. The number of rotatable bonds is 7. The lowest BCUT2D eigenvalue weighted by Gasteiger charge is -2.58. The number of carbonyl (C=O) groups is 1. The van der Waals surface area contributed by atoms with Crippen molar-refractivity contribution in [2.45, 2.75) is 104 Å². The maximum atomic E-state index is 12.7. The zero-order chi connectivity index (χ0) is 24.0. The minimum Gasteiger partial charge on any atom is -0.394 e. The molecule has 4 aliphatic carbocycles. The molecule has 5 heteroatoms. The monoisotopic (exact) mass is 461 g/mol. The number of allylic oxidation sites excluding steroid dienone is 1. The summed E-state index contributed by atoms with van der Waals surface area (Å²) in [6, 6.07) is -0.312. The van der Waals surface area contributed by atoms with Gasteiger partial charge < -0.3 is 10.2 Å². The highest BCUT2D eigenvalue weighted by atomic mass is 16.7. The number of aliphatic hydroxyl groups excluding tert-OH is 2. The molecule has 0 aromatic heterocycles. The smallest absolute Gasteiger partial charge is 0.246 e. The van der Waals surface area contributed by atoms with Gasteiger partial charge in [0.15, 0.2) is 0 Å². The van der Waals surface area contributed by atoms with Gasteiger partial charge in [-0.25, -0.2) is 5.06 Å². The van der Waals surface area contributed by atoms with E-state index in [0.29, 0.717) is 29.1 Å². The Bertz CT molecular complexity index is 752. The molecule has 0 unspecified atom stereocenters. The van der Waals surface area contributed by atoms with Crippen molar-refractivity contribution in [1.29, 1.82) is 0 Å². The predicted octanol–water partition coefficient (Wildman–Crippen LogP) is 5.11. The molecule has 0 aromatic carbocycles. The van der Waals surface area contributed by atoms with Crippen LogP contribution in [0.3, 0.4) is 0 Å². The van der Waals surface area contributed by atoms with Crippen LogP contribution < -0.4 is 0 Å². The second-order valence-corrected chi connectivity index (χ2v) is 12.3. The van der Waals surface area contributed by atoms with Crippen LogP contribution >= 0.6 is 0 Å². The van der Waals surface area contributed by atoms with Crippen LogP contribution in [0.5, 0.6) is 0 Å². The van der Waals surface area contributed by atoms with Gasteiger partial charge in [-0.3, -0.25) is 9.63 Å². The molecule has 0 spiro atoms. The molecule has 1 amide bonds. The largest absolute Gasteiger partial charge is 0.394 e. The molecule has 9 atom stereocenters. The molecule has 0 bridgehead atoms. The maximum Gasteiger partial charge on any atom is 0.246 e. The Labute approximate surface area is 200 Å². The second-order valence-electron chi connectivity index (χ2n) is 12.3. The van der Waals surface area contributed by atoms with E-state index in [1.54, 1.807) is 5.57 Å². The molecule has 33 heavy (non-hydrogen) atoms. The molecule has 2 N–H and O–H groups in total. The van der Waals surface area contributed by atoms with Gasteiger partial charge in [-0.15, -0.1) is 0 Å². The van der Waals surface area contributed by atoms with Gasteiger partial charge in [0.2, 0.25) is 5.91 Å². The molecule has 3 saturated carbocycles. The summed E-state index contributed by atoms with van der Waals surface area (Å²) in [5, 5.41) is 21.0. The Morgan fingerprint density at radius 2 is 1.94 bits per heavy atom. The van der Waals surface area contributed by atoms with Gasteiger partial charge in [0, 0.05) is 6.42 Å². The van der Waals surface area contributed by atoms with E-state index >= 15 is 0 Å². The summed E-state index contributed by atoms with van der Waals surface area (Å²) < 4.78 is 0. The van der Waals surface area contributed by atoms with Crippen molar-refractivity contribution in [1.82, 2.24) is 5.06 Å². The third-order valence-corrected chi connectivity index (χ3v) is 10.8. The van der Waals surface area contributed by atoms with Crippen molar-refractivity contribution in [3.8, 4) is 0 Å². The first-order valence-electron chi connectivity index (χ1n) is 13.5. The summed E-state index contributed by atoms with van der Waals surface area (Å²) in [7, 11) is 1.51. The normalized spacial score (nSPS) is 41.9. The fraction of sp³-hybridized carbons (Fsp3) is 0.893. The molecular formula is C28H47NO4. The van der Waals surface area contributed by atoms with E-state index in [0.717, 1.165) is 43.4 Å². The van der Waals surface area contributed by atoms with Gasteiger partial charge in [0.25, 0.3) is 0 Å². The second kappa shape index (κ2) is 9.62. The number of amides is 1. The number of carbonyl (C=O) groups excluding carboxylic acids is 1. The summed E-state index contributed by atoms with van der Waals surface area (Å²) in [5.41, 5.74) is 2.22. The number of hydrogen-bond acceptors (Lipinski definition) is 4. The zero-order valence-corrected chi connectivity index (χ0v) is 21.6. The van der Waals surface area contributed by atoms with Crippen molar-refractivity contribution in [2.75, 3.05) is 13.7 Å². The topological polar surface area (TPSA) is 70.0 Å². The zero-order valence-electron chi connectivity index (χ0n) is 21.6. The van der Waals surface area contributed by atoms with E-state index in [1.807, 2.05) is 6.92 Å². The van der Waals surface area contributed by atoms with Crippen LogP contribution in [0.1, 0.15) is 91.9 Å². The molecule has 0 aliphatic heterocycles. The minimum atomic E-state index is -0.312. The maximum absolute atomic E-state index is 12.7. The molecule has 5 nitrogen and oxygen atoms in total. The fourth-order valence-electron chi connectivity index (χ4n) is 8.88. The van der Waals surface area contributed by atoms with Gasteiger partial charge >= 0.3 is 0 Å². The first kappa shape index (κ1) is 25.2. The Kier molecular flexibility index (Phi) is 7.34. The van der Waals surface area contributed by atoms with E-state index in [1.165, 1.54) is 44.3 Å². The van der Waals surface area contributed by atoms with Crippen LogP contribution in [0.2, 0.25) is 0 Å². The number of hydroxylamine groups is 2. The third-order valence-electron chi connectivity index (χ3n) is 10.8. The average molecular weight is 462 g/mol. The van der Waals surface area contributed by atoms with E-state index in [9.17, 15) is 15.0 Å². The molecule has 188 valence electrons. The summed E-state index contributed by atoms with van der Waals surface area (Å²) in [4.78, 5) is 18.0. The molecule has 4 aliphatic rings. The third kappa shape index (κ3) is 4.31. The van der Waals surface area contributed by atoms with Gasteiger partial charge in [-0.05, 0) is 105 Å². The Hall–Kier alpha value is -0.910. The molecule has 0 aromatic rings. The van der Waals surface area contributed by atoms with Crippen molar-refractivity contribution in [2.24, 2.45) is 40.4 Å². The van der Waals surface area contributed by atoms with Crippen LogP contribution in [0.4, 0.5) is 0 Å². The van der Waals surface area contributed by atoms with Crippen LogP contribution in [0.15, 0.2) is 11.6 Å². The first-order chi connectivity index (χ1) is 15.7. The highest BCUT2D eigenvalue weighted by molar-refractivity contribution is 5.75. The van der Waals surface area contributed by atoms with Crippen molar-refractivity contribution < 1.29 is 19.8 Å². The Balaban J connectivity index is 1.43. The van der Waals surface area contributed by atoms with E-state index < -0.39 is 0 Å². The Morgan fingerprint density at radius 3 is 2.64 bits per heavy atom. The number of nitrogens with zero attached hydrogens (tertiary/aromatic N) is 1. The summed E-state index contributed by atoms with van der Waals surface area (Å²) in [6.07, 6.45) is 13.2. The lowest BCUT2D eigenvalue weighted by molar-refractivity contribution is -0.190. The number of fused-ring (bicyclic) bond motifs is 5. The van der Waals surface area contributed by atoms with Crippen molar-refractivity contribution in [3.05, 3.63) is 11.6 Å². The quantitative estimate of drug-likeness (QED) is 0.408. The van der Waals surface area contributed by atoms with Crippen molar-refractivity contribution >= 4 is 5.91 Å². The van der Waals surface area contributed by atoms with E-state index in [2.05, 4.69) is 26.8 Å². The van der Waals surface area contributed by atoms with Crippen molar-refractivity contribution in [3.63, 3.8) is 0 Å². The minimum absolute atomic E-state index is 0.0216. The lowest BCUT2D eigenvalue weighted by Crippen LogP contribution is -2.50. The molecule has 0 saturated heterocycles. The summed E-state index contributed by atoms with van der Waals surface area (Å²) in [6.45, 7) is 9.13. The van der Waals surface area contributed by atoms with Gasteiger partial charge in [0.05, 0.1) is 25.9 Å². The number of hydrogen-bond donors (Lipinski definition) is 2. The lowest BCUT2D eigenvalue weighted by atomic mass is 9.47. The molecular weight excluding hydrogens is 414 g/mol. The fourth-order valence-corrected chi connectivity index (χ4v) is 8.88. The Morgan fingerprint density at radius 1 is 1.18 bits per heavy atom. The van der Waals surface area contributed by atoms with Crippen LogP contribution in [-0.2, 0) is 9.63 Å². The van der Waals surface area contributed by atoms with Gasteiger partial charge in [-0.2, -0.15) is 0 Å².